The van der Waals surface area contributed by atoms with Gasteiger partial charge in [0, 0.05) is 30.1 Å². The fourth-order valence-electron chi connectivity index (χ4n) is 2.60. The molecule has 9 nitrogen and oxygen atoms in total. The van der Waals surface area contributed by atoms with Crippen LogP contribution in [-0.4, -0.2) is 35.4 Å². The zero-order valence-electron chi connectivity index (χ0n) is 14.9. The molecule has 0 radical (unpaired) electrons. The highest BCUT2D eigenvalue weighted by molar-refractivity contribution is 5.89. The zero-order chi connectivity index (χ0) is 20.2. The van der Waals surface area contributed by atoms with Crippen molar-refractivity contribution in [2.75, 3.05) is 5.32 Å². The van der Waals surface area contributed by atoms with E-state index in [4.69, 9.17) is 0 Å². The van der Waals surface area contributed by atoms with Crippen LogP contribution in [-0.2, 0) is 11.3 Å². The first-order valence-corrected chi connectivity index (χ1v) is 8.54. The monoisotopic (exact) mass is 391 g/mol. The first-order chi connectivity index (χ1) is 14.1. The highest BCUT2D eigenvalue weighted by Crippen LogP contribution is 2.15. The molecule has 0 unspecified atom stereocenters. The molecule has 0 bridgehead atoms. The number of carbonyl (C=O) groups is 1. The number of carbonyl (C=O) groups excluding carboxylic acids is 1. The Morgan fingerprint density at radius 1 is 1.10 bits per heavy atom. The zero-order valence-corrected chi connectivity index (χ0v) is 14.9. The summed E-state index contributed by atoms with van der Waals surface area (Å²) in [6, 6.07) is 11.8. The smallest absolute Gasteiger partial charge is 0.267 e. The Bertz CT molecular complexity index is 1200. The van der Waals surface area contributed by atoms with Gasteiger partial charge in [0.2, 0.25) is 5.91 Å². The molecule has 3 heterocycles. The van der Waals surface area contributed by atoms with E-state index in [-0.39, 0.29) is 18.2 Å². The molecule has 0 atom stereocenters. The maximum atomic E-state index is 13.1. The molecule has 0 aliphatic heterocycles. The SMILES string of the molecule is O=C(Cn1nc(-c2ccc(F)cc2)ccc1=O)Nc1cc(-n2cccn2)ncn1. The molecule has 0 fully saturated rings. The molecule has 4 aromatic rings. The number of amides is 1. The van der Waals surface area contributed by atoms with Gasteiger partial charge in [-0.1, -0.05) is 0 Å². The predicted octanol–water partition coefficient (Wildman–Crippen LogP) is 1.66. The van der Waals surface area contributed by atoms with E-state index in [0.29, 0.717) is 17.1 Å². The third-order valence-corrected chi connectivity index (χ3v) is 3.96. The van der Waals surface area contributed by atoms with Crippen LogP contribution < -0.4 is 10.9 Å². The molecular formula is C19H14FN7O2. The van der Waals surface area contributed by atoms with E-state index in [1.165, 1.54) is 35.3 Å². The minimum Gasteiger partial charge on any atom is -0.309 e. The standard InChI is InChI=1S/C19H14FN7O2/c20-14-4-2-13(3-5-14)15-6-7-19(29)27(25-15)11-18(28)24-16-10-17(22-12-21-16)26-9-1-8-23-26/h1-10,12H,11H2,(H,21,22,24,28). The Morgan fingerprint density at radius 2 is 1.93 bits per heavy atom. The van der Waals surface area contributed by atoms with Crippen molar-refractivity contribution in [2.24, 2.45) is 0 Å². The van der Waals surface area contributed by atoms with Crippen molar-refractivity contribution in [1.82, 2.24) is 29.5 Å². The van der Waals surface area contributed by atoms with Crippen LogP contribution in [0.1, 0.15) is 0 Å². The number of halogens is 1. The van der Waals surface area contributed by atoms with Crippen molar-refractivity contribution < 1.29 is 9.18 Å². The lowest BCUT2D eigenvalue weighted by molar-refractivity contribution is -0.117. The Morgan fingerprint density at radius 3 is 2.69 bits per heavy atom. The summed E-state index contributed by atoms with van der Waals surface area (Å²) in [4.78, 5) is 32.5. The van der Waals surface area contributed by atoms with Crippen molar-refractivity contribution in [3.8, 4) is 17.1 Å². The van der Waals surface area contributed by atoms with E-state index in [1.54, 1.807) is 36.7 Å². The molecule has 1 N–H and O–H groups in total. The summed E-state index contributed by atoms with van der Waals surface area (Å²) in [5, 5.41) is 10.9. The van der Waals surface area contributed by atoms with Crippen LogP contribution in [0, 0.1) is 5.82 Å². The molecule has 10 heteroatoms. The summed E-state index contributed by atoms with van der Waals surface area (Å²) >= 11 is 0. The molecular weight excluding hydrogens is 377 g/mol. The summed E-state index contributed by atoms with van der Waals surface area (Å²) in [7, 11) is 0. The number of nitrogens with one attached hydrogen (secondary N) is 1. The number of benzene rings is 1. The van der Waals surface area contributed by atoms with E-state index in [1.807, 2.05) is 0 Å². The third kappa shape index (κ3) is 4.21. The predicted molar refractivity (Wildman–Crippen MR) is 102 cm³/mol. The fraction of sp³-hybridized carbons (Fsp3) is 0.0526. The van der Waals surface area contributed by atoms with Gasteiger partial charge in [0.25, 0.3) is 5.56 Å². The van der Waals surface area contributed by atoms with Gasteiger partial charge in [-0.3, -0.25) is 9.59 Å². The number of rotatable bonds is 5. The second-order valence-corrected chi connectivity index (χ2v) is 5.98. The molecule has 0 aliphatic carbocycles. The van der Waals surface area contributed by atoms with Gasteiger partial charge in [-0.15, -0.1) is 0 Å². The van der Waals surface area contributed by atoms with Crippen LogP contribution in [0.3, 0.4) is 0 Å². The van der Waals surface area contributed by atoms with E-state index in [0.717, 1.165) is 4.68 Å². The summed E-state index contributed by atoms with van der Waals surface area (Å²) < 4.78 is 15.7. The van der Waals surface area contributed by atoms with Crippen molar-refractivity contribution in [3.63, 3.8) is 0 Å². The van der Waals surface area contributed by atoms with Gasteiger partial charge in [-0.25, -0.2) is 23.7 Å². The number of nitrogens with zero attached hydrogens (tertiary/aromatic N) is 6. The maximum absolute atomic E-state index is 13.1. The third-order valence-electron chi connectivity index (χ3n) is 3.96. The van der Waals surface area contributed by atoms with Crippen LogP contribution in [0.2, 0.25) is 0 Å². The largest absolute Gasteiger partial charge is 0.309 e. The van der Waals surface area contributed by atoms with Gasteiger partial charge in [0.05, 0.1) is 5.69 Å². The Kier molecular flexibility index (Phi) is 4.89. The number of hydrogen-bond donors (Lipinski definition) is 1. The highest BCUT2D eigenvalue weighted by atomic mass is 19.1. The molecule has 4 rings (SSSR count). The maximum Gasteiger partial charge on any atom is 0.267 e. The lowest BCUT2D eigenvalue weighted by Crippen LogP contribution is -2.29. The van der Waals surface area contributed by atoms with E-state index < -0.39 is 11.5 Å². The van der Waals surface area contributed by atoms with Crippen LogP contribution in [0.4, 0.5) is 10.2 Å². The molecule has 1 amide bonds. The minimum atomic E-state index is -0.485. The van der Waals surface area contributed by atoms with Crippen LogP contribution in [0.25, 0.3) is 17.1 Å². The molecule has 3 aromatic heterocycles. The number of aromatic nitrogens is 6. The quantitative estimate of drug-likeness (QED) is 0.554. The van der Waals surface area contributed by atoms with Gasteiger partial charge in [0.1, 0.15) is 24.5 Å². The first-order valence-electron chi connectivity index (χ1n) is 8.54. The van der Waals surface area contributed by atoms with Crippen LogP contribution in [0.5, 0.6) is 0 Å². The minimum absolute atomic E-state index is 0.262. The Balaban J connectivity index is 1.51. The van der Waals surface area contributed by atoms with Crippen molar-refractivity contribution in [1.29, 1.82) is 0 Å². The van der Waals surface area contributed by atoms with E-state index >= 15 is 0 Å². The molecule has 0 aliphatic rings. The summed E-state index contributed by atoms with van der Waals surface area (Å²) in [6.07, 6.45) is 4.61. The molecule has 29 heavy (non-hydrogen) atoms. The normalized spacial score (nSPS) is 10.7. The molecule has 0 saturated carbocycles. The van der Waals surface area contributed by atoms with E-state index in [2.05, 4.69) is 25.5 Å². The van der Waals surface area contributed by atoms with Gasteiger partial charge < -0.3 is 5.32 Å². The van der Waals surface area contributed by atoms with Gasteiger partial charge >= 0.3 is 0 Å². The van der Waals surface area contributed by atoms with E-state index in [9.17, 15) is 14.0 Å². The van der Waals surface area contributed by atoms with Gasteiger partial charge in [-0.2, -0.15) is 10.2 Å². The highest BCUT2D eigenvalue weighted by Gasteiger charge is 2.10. The molecule has 0 saturated heterocycles. The fourth-order valence-corrected chi connectivity index (χ4v) is 2.60. The van der Waals surface area contributed by atoms with Crippen molar-refractivity contribution in [2.45, 2.75) is 6.54 Å². The second kappa shape index (κ2) is 7.80. The average Bonchev–Trinajstić information content (AvgIpc) is 3.25. The second-order valence-electron chi connectivity index (χ2n) is 5.98. The lowest BCUT2D eigenvalue weighted by Gasteiger charge is -2.08. The molecule has 1 aromatic carbocycles. The van der Waals surface area contributed by atoms with Gasteiger partial charge in [-0.05, 0) is 36.4 Å². The summed E-state index contributed by atoms with van der Waals surface area (Å²) in [6.45, 7) is -0.311. The first kappa shape index (κ1) is 18.2. The van der Waals surface area contributed by atoms with Crippen molar-refractivity contribution in [3.05, 3.63) is 83.4 Å². The van der Waals surface area contributed by atoms with Crippen LogP contribution >= 0.6 is 0 Å². The Labute approximate surface area is 163 Å². The Hall–Kier alpha value is -4.21. The number of anilines is 1. The van der Waals surface area contributed by atoms with Crippen LogP contribution in [0.15, 0.2) is 72.0 Å². The lowest BCUT2D eigenvalue weighted by atomic mass is 10.1. The van der Waals surface area contributed by atoms with Crippen molar-refractivity contribution >= 4 is 11.7 Å². The average molecular weight is 391 g/mol. The topological polar surface area (TPSA) is 108 Å². The molecule has 144 valence electrons. The van der Waals surface area contributed by atoms with Gasteiger partial charge in [0.15, 0.2) is 5.82 Å². The summed E-state index contributed by atoms with van der Waals surface area (Å²) in [5.74, 6) is -0.117. The summed E-state index contributed by atoms with van der Waals surface area (Å²) in [5.41, 5.74) is 0.631. The molecule has 0 spiro atoms. The number of hydrogen-bond acceptors (Lipinski definition) is 6.